The Balaban J connectivity index is 1.91. The van der Waals surface area contributed by atoms with Crippen LogP contribution >= 0.6 is 27.5 Å². The van der Waals surface area contributed by atoms with Gasteiger partial charge in [0.05, 0.1) is 16.3 Å². The van der Waals surface area contributed by atoms with E-state index in [1.165, 1.54) is 12.1 Å². The zero-order chi connectivity index (χ0) is 21.8. The highest BCUT2D eigenvalue weighted by Crippen LogP contribution is 2.35. The van der Waals surface area contributed by atoms with E-state index in [1.807, 2.05) is 0 Å². The molecule has 1 aliphatic rings. The molecule has 0 bridgehead atoms. The maximum Gasteiger partial charge on any atom is 0.344 e. The molecule has 156 valence electrons. The summed E-state index contributed by atoms with van der Waals surface area (Å²) in [6, 6.07) is 11.8. The van der Waals surface area contributed by atoms with Gasteiger partial charge < -0.3 is 9.47 Å². The van der Waals surface area contributed by atoms with E-state index in [4.69, 9.17) is 21.1 Å². The van der Waals surface area contributed by atoms with Crippen LogP contribution in [0.15, 0.2) is 52.5 Å². The van der Waals surface area contributed by atoms with E-state index in [9.17, 15) is 14.4 Å². The molecule has 0 aromatic heterocycles. The van der Waals surface area contributed by atoms with E-state index in [2.05, 4.69) is 21.4 Å². The Bertz CT molecular complexity index is 1020. The number of hydrogen-bond acceptors (Lipinski definition) is 5. The smallest absolute Gasteiger partial charge is 0.344 e. The lowest BCUT2D eigenvalue weighted by Gasteiger charge is -2.14. The fourth-order valence-corrected chi connectivity index (χ4v) is 3.69. The number of rotatable bonds is 6. The number of halogens is 2. The Hall–Kier alpha value is -2.84. The molecule has 30 heavy (non-hydrogen) atoms. The third-order valence-electron chi connectivity index (χ3n) is 3.94. The Kier molecular flexibility index (Phi) is 6.79. The topological polar surface area (TPSA) is 84.9 Å². The highest BCUT2D eigenvalue weighted by atomic mass is 79.9. The molecular formula is C21H18BrClN2O5. The fraction of sp³-hybridized carbons (Fsp3) is 0.190. The van der Waals surface area contributed by atoms with Crippen molar-refractivity contribution >= 4 is 57.1 Å². The molecule has 1 aliphatic heterocycles. The van der Waals surface area contributed by atoms with Gasteiger partial charge in [-0.2, -0.15) is 0 Å². The van der Waals surface area contributed by atoms with Crippen molar-refractivity contribution in [3.8, 4) is 5.75 Å². The first kappa shape index (κ1) is 21.9. The Morgan fingerprint density at radius 3 is 2.60 bits per heavy atom. The van der Waals surface area contributed by atoms with E-state index in [0.717, 1.165) is 5.01 Å². The van der Waals surface area contributed by atoms with E-state index in [-0.39, 0.29) is 24.0 Å². The highest BCUT2D eigenvalue weighted by molar-refractivity contribution is 9.10. The second kappa shape index (κ2) is 9.32. The lowest BCUT2D eigenvalue weighted by molar-refractivity contribution is -0.149. The lowest BCUT2D eigenvalue weighted by Crippen LogP contribution is -2.35. The molecule has 1 saturated heterocycles. The SMILES string of the molecule is CC(C)OC(=O)COc1c(Br)cc(Cl)cc1/C=C1/C(=O)NN(c2ccccc2)C1=O. The molecule has 0 atom stereocenters. The summed E-state index contributed by atoms with van der Waals surface area (Å²) in [6.45, 7) is 3.12. The molecule has 3 rings (SSSR count). The van der Waals surface area contributed by atoms with E-state index in [1.54, 1.807) is 50.2 Å². The van der Waals surface area contributed by atoms with Gasteiger partial charge in [0.25, 0.3) is 11.8 Å². The fourth-order valence-electron chi connectivity index (χ4n) is 2.74. The van der Waals surface area contributed by atoms with E-state index in [0.29, 0.717) is 20.7 Å². The van der Waals surface area contributed by atoms with Crippen molar-refractivity contribution in [2.75, 3.05) is 11.6 Å². The number of hydrazine groups is 1. The summed E-state index contributed by atoms with van der Waals surface area (Å²) in [5.41, 5.74) is 3.32. The number of anilines is 1. The van der Waals surface area contributed by atoms with Crippen LogP contribution in [-0.4, -0.2) is 30.5 Å². The average molecular weight is 494 g/mol. The van der Waals surface area contributed by atoms with Crippen LogP contribution in [-0.2, 0) is 19.1 Å². The van der Waals surface area contributed by atoms with Gasteiger partial charge in [0.1, 0.15) is 11.3 Å². The van der Waals surface area contributed by atoms with Crippen LogP contribution in [0.5, 0.6) is 5.75 Å². The number of nitrogens with one attached hydrogen (secondary N) is 1. The molecule has 1 heterocycles. The molecule has 1 fully saturated rings. The largest absolute Gasteiger partial charge is 0.480 e. The van der Waals surface area contributed by atoms with Crippen LogP contribution in [0, 0.1) is 0 Å². The number of para-hydroxylation sites is 1. The lowest BCUT2D eigenvalue weighted by atomic mass is 10.1. The zero-order valence-electron chi connectivity index (χ0n) is 16.1. The van der Waals surface area contributed by atoms with Crippen LogP contribution in [0.1, 0.15) is 19.4 Å². The van der Waals surface area contributed by atoms with Crippen molar-refractivity contribution in [1.29, 1.82) is 0 Å². The van der Waals surface area contributed by atoms with Gasteiger partial charge in [0, 0.05) is 10.6 Å². The van der Waals surface area contributed by atoms with Crippen LogP contribution < -0.4 is 15.2 Å². The van der Waals surface area contributed by atoms with Crippen LogP contribution in [0.4, 0.5) is 5.69 Å². The second-order valence-electron chi connectivity index (χ2n) is 6.61. The normalized spacial score (nSPS) is 15.0. The van der Waals surface area contributed by atoms with Gasteiger partial charge >= 0.3 is 5.97 Å². The molecule has 0 saturated carbocycles. The number of carbonyl (C=O) groups is 3. The highest BCUT2D eigenvalue weighted by Gasteiger charge is 2.34. The average Bonchev–Trinajstić information content (AvgIpc) is 2.95. The van der Waals surface area contributed by atoms with Crippen molar-refractivity contribution in [1.82, 2.24) is 5.43 Å². The Morgan fingerprint density at radius 2 is 1.93 bits per heavy atom. The van der Waals surface area contributed by atoms with Gasteiger partial charge in [0.2, 0.25) is 0 Å². The van der Waals surface area contributed by atoms with Gasteiger partial charge in [0.15, 0.2) is 6.61 Å². The summed E-state index contributed by atoms with van der Waals surface area (Å²) in [5, 5.41) is 1.52. The Labute approximate surface area is 186 Å². The minimum absolute atomic E-state index is 0.0948. The molecule has 0 spiro atoms. The molecule has 2 aromatic rings. The van der Waals surface area contributed by atoms with E-state index < -0.39 is 17.8 Å². The summed E-state index contributed by atoms with van der Waals surface area (Å²) in [6.07, 6.45) is 1.10. The zero-order valence-corrected chi connectivity index (χ0v) is 18.5. The van der Waals surface area contributed by atoms with Crippen molar-refractivity contribution in [3.05, 3.63) is 63.1 Å². The first-order valence-corrected chi connectivity index (χ1v) is 10.2. The Morgan fingerprint density at radius 1 is 1.23 bits per heavy atom. The van der Waals surface area contributed by atoms with Crippen molar-refractivity contribution in [3.63, 3.8) is 0 Å². The first-order valence-electron chi connectivity index (χ1n) is 8.99. The molecule has 1 N–H and O–H groups in total. The number of carbonyl (C=O) groups excluding carboxylic acids is 3. The first-order chi connectivity index (χ1) is 14.3. The van der Waals surface area contributed by atoms with Gasteiger partial charge in [-0.05, 0) is 60.1 Å². The summed E-state index contributed by atoms with van der Waals surface area (Å²) < 4.78 is 11.1. The molecule has 7 nitrogen and oxygen atoms in total. The third kappa shape index (κ3) is 5.01. The second-order valence-corrected chi connectivity index (χ2v) is 7.90. The van der Waals surface area contributed by atoms with Crippen molar-refractivity contribution in [2.45, 2.75) is 20.0 Å². The van der Waals surface area contributed by atoms with Crippen LogP contribution in [0.25, 0.3) is 6.08 Å². The number of benzene rings is 2. The molecular weight excluding hydrogens is 476 g/mol. The molecule has 2 amide bonds. The minimum Gasteiger partial charge on any atom is -0.480 e. The molecule has 2 aromatic carbocycles. The summed E-state index contributed by atoms with van der Waals surface area (Å²) in [5.74, 6) is -1.38. The summed E-state index contributed by atoms with van der Waals surface area (Å²) in [7, 11) is 0. The molecule has 0 aliphatic carbocycles. The predicted octanol–water partition coefficient (Wildman–Crippen LogP) is 3.89. The van der Waals surface area contributed by atoms with E-state index >= 15 is 0 Å². The third-order valence-corrected chi connectivity index (χ3v) is 4.75. The van der Waals surface area contributed by atoms with Gasteiger partial charge in [-0.25, -0.2) is 9.80 Å². The molecule has 0 unspecified atom stereocenters. The number of amides is 2. The quantitative estimate of drug-likeness (QED) is 0.375. The van der Waals surface area contributed by atoms with Crippen LogP contribution in [0.3, 0.4) is 0 Å². The monoisotopic (exact) mass is 492 g/mol. The van der Waals surface area contributed by atoms with Crippen molar-refractivity contribution < 1.29 is 23.9 Å². The minimum atomic E-state index is -0.565. The standard InChI is InChI=1S/C21H18BrClN2O5/c1-12(2)30-18(26)11-29-19-13(8-14(23)10-17(19)22)9-16-20(27)24-25(21(16)28)15-6-4-3-5-7-15/h3-10,12H,11H2,1-2H3,(H,24,27)/b16-9-. The molecule has 0 radical (unpaired) electrons. The summed E-state index contributed by atoms with van der Waals surface area (Å²) >= 11 is 9.47. The van der Waals surface area contributed by atoms with Gasteiger partial charge in [-0.3, -0.25) is 15.0 Å². The van der Waals surface area contributed by atoms with Crippen molar-refractivity contribution in [2.24, 2.45) is 0 Å². The maximum absolute atomic E-state index is 12.8. The van der Waals surface area contributed by atoms with Gasteiger partial charge in [-0.1, -0.05) is 29.8 Å². The van der Waals surface area contributed by atoms with Crippen LogP contribution in [0.2, 0.25) is 5.02 Å². The van der Waals surface area contributed by atoms with Gasteiger partial charge in [-0.15, -0.1) is 0 Å². The predicted molar refractivity (Wildman–Crippen MR) is 116 cm³/mol. The maximum atomic E-state index is 12.8. The number of esters is 1. The molecule has 9 heteroatoms. The number of nitrogens with zero attached hydrogens (tertiary/aromatic N) is 1. The number of ether oxygens (including phenoxy) is 2. The number of hydrogen-bond donors (Lipinski definition) is 1. The summed E-state index contributed by atoms with van der Waals surface area (Å²) in [4.78, 5) is 37.1.